The number of esters is 1. The van der Waals surface area contributed by atoms with E-state index in [-0.39, 0.29) is 22.8 Å². The van der Waals surface area contributed by atoms with Gasteiger partial charge >= 0.3 is 5.97 Å². The van der Waals surface area contributed by atoms with Gasteiger partial charge in [0, 0.05) is 5.69 Å². The number of anilines is 1. The third-order valence-electron chi connectivity index (χ3n) is 1.82. The molecule has 0 saturated heterocycles. The number of carbonyl (C=O) groups excluding carboxylic acids is 1. The highest BCUT2D eigenvalue weighted by molar-refractivity contribution is 7.85. The van der Waals surface area contributed by atoms with Crippen molar-refractivity contribution in [1.82, 2.24) is 0 Å². The van der Waals surface area contributed by atoms with E-state index in [1.165, 1.54) is 6.07 Å². The van der Waals surface area contributed by atoms with Crippen molar-refractivity contribution in [1.29, 1.82) is 0 Å². The largest absolute Gasteiger partial charge is 0.462 e. The first-order valence-corrected chi connectivity index (χ1v) is 5.84. The second-order valence-electron chi connectivity index (χ2n) is 2.94. The van der Waals surface area contributed by atoms with Crippen LogP contribution < -0.4 is 5.73 Å². The van der Waals surface area contributed by atoms with Gasteiger partial charge in [0.15, 0.2) is 0 Å². The number of carbonyl (C=O) groups is 1. The zero-order valence-corrected chi connectivity index (χ0v) is 9.32. The van der Waals surface area contributed by atoms with E-state index in [2.05, 4.69) is 0 Å². The number of hydrogen-bond acceptors (Lipinski definition) is 5. The normalized spacial score (nSPS) is 11.1. The second kappa shape index (κ2) is 4.50. The van der Waals surface area contributed by atoms with Crippen LogP contribution in [0.3, 0.4) is 0 Å². The monoisotopic (exact) mass is 245 g/mol. The lowest BCUT2D eigenvalue weighted by Crippen LogP contribution is -2.09. The summed E-state index contributed by atoms with van der Waals surface area (Å²) in [5.41, 5.74) is 5.48. The predicted molar refractivity (Wildman–Crippen MR) is 56.6 cm³/mol. The molecule has 3 N–H and O–H groups in total. The van der Waals surface area contributed by atoms with Crippen LogP contribution in [0.4, 0.5) is 5.69 Å². The molecule has 0 aromatic heterocycles. The van der Waals surface area contributed by atoms with Gasteiger partial charge in [-0.15, -0.1) is 0 Å². The van der Waals surface area contributed by atoms with Crippen LogP contribution in [0.1, 0.15) is 17.3 Å². The average Bonchev–Trinajstić information content (AvgIpc) is 2.16. The molecule has 0 spiro atoms. The lowest BCUT2D eigenvalue weighted by Gasteiger charge is -2.06. The Morgan fingerprint density at radius 3 is 2.56 bits per heavy atom. The van der Waals surface area contributed by atoms with Gasteiger partial charge in [-0.3, -0.25) is 4.55 Å². The minimum Gasteiger partial charge on any atom is -0.462 e. The van der Waals surface area contributed by atoms with Gasteiger partial charge in [-0.2, -0.15) is 8.42 Å². The molecule has 0 aliphatic rings. The van der Waals surface area contributed by atoms with Gasteiger partial charge in [-0.05, 0) is 25.1 Å². The number of rotatable bonds is 3. The van der Waals surface area contributed by atoms with Crippen LogP contribution in [0.5, 0.6) is 0 Å². The Hall–Kier alpha value is -1.60. The van der Waals surface area contributed by atoms with Crippen LogP contribution in [-0.2, 0) is 14.9 Å². The van der Waals surface area contributed by atoms with Gasteiger partial charge < -0.3 is 10.5 Å². The molecular weight excluding hydrogens is 234 g/mol. The summed E-state index contributed by atoms with van der Waals surface area (Å²) < 4.78 is 35.0. The third kappa shape index (κ3) is 2.71. The molecule has 0 atom stereocenters. The molecule has 0 aliphatic carbocycles. The zero-order chi connectivity index (χ0) is 12.3. The molecule has 7 heteroatoms. The van der Waals surface area contributed by atoms with E-state index in [9.17, 15) is 13.2 Å². The molecule has 1 aromatic rings. The molecular formula is C9H11NO5S. The Bertz CT molecular complexity index is 509. The molecule has 0 heterocycles. The summed E-state index contributed by atoms with van der Waals surface area (Å²) in [4.78, 5) is 10.9. The van der Waals surface area contributed by atoms with Gasteiger partial charge in [0.2, 0.25) is 0 Å². The molecule has 16 heavy (non-hydrogen) atoms. The summed E-state index contributed by atoms with van der Waals surface area (Å²) in [7, 11) is -4.31. The van der Waals surface area contributed by atoms with E-state index in [0.717, 1.165) is 12.1 Å². The van der Waals surface area contributed by atoms with Crippen molar-refractivity contribution in [3.63, 3.8) is 0 Å². The molecule has 0 radical (unpaired) electrons. The molecule has 88 valence electrons. The fraction of sp³-hybridized carbons (Fsp3) is 0.222. The van der Waals surface area contributed by atoms with Gasteiger partial charge in [0.1, 0.15) is 0 Å². The molecule has 0 aliphatic heterocycles. The average molecular weight is 245 g/mol. The van der Waals surface area contributed by atoms with Crippen LogP contribution in [-0.4, -0.2) is 25.5 Å². The lowest BCUT2D eigenvalue weighted by molar-refractivity contribution is 0.0527. The summed E-state index contributed by atoms with van der Waals surface area (Å²) >= 11 is 0. The summed E-state index contributed by atoms with van der Waals surface area (Å²) in [6, 6.07) is 3.27. The van der Waals surface area contributed by atoms with Gasteiger partial charge in [0.25, 0.3) is 10.1 Å². The quantitative estimate of drug-likeness (QED) is 0.461. The van der Waals surface area contributed by atoms with Crippen molar-refractivity contribution < 1.29 is 22.5 Å². The van der Waals surface area contributed by atoms with Gasteiger partial charge in [0.05, 0.1) is 17.1 Å². The second-order valence-corrected chi connectivity index (χ2v) is 4.37. The van der Waals surface area contributed by atoms with Crippen molar-refractivity contribution in [2.24, 2.45) is 0 Å². The molecule has 1 aromatic carbocycles. The fourth-order valence-electron chi connectivity index (χ4n) is 1.10. The molecule has 0 fully saturated rings. The maximum absolute atomic E-state index is 11.3. The molecule has 0 bridgehead atoms. The Kier molecular flexibility index (Phi) is 3.51. The molecule has 0 unspecified atom stereocenters. The first kappa shape index (κ1) is 12.5. The smallest absolute Gasteiger partial charge is 0.340 e. The fourth-order valence-corrected chi connectivity index (χ4v) is 1.61. The summed E-state index contributed by atoms with van der Waals surface area (Å²) in [5.74, 6) is -0.637. The number of nitrogen functional groups attached to an aromatic ring is 1. The van der Waals surface area contributed by atoms with E-state index in [1.807, 2.05) is 0 Å². The lowest BCUT2D eigenvalue weighted by atomic mass is 10.2. The van der Waals surface area contributed by atoms with E-state index >= 15 is 0 Å². The number of ether oxygens (including phenoxy) is 1. The highest BCUT2D eigenvalue weighted by atomic mass is 32.2. The van der Waals surface area contributed by atoms with Crippen molar-refractivity contribution in [3.05, 3.63) is 23.8 Å². The molecule has 1 rings (SSSR count). The first-order chi connectivity index (χ1) is 7.36. The van der Waals surface area contributed by atoms with Crippen molar-refractivity contribution >= 4 is 21.8 Å². The topological polar surface area (TPSA) is 107 Å². The Balaban J connectivity index is 3.15. The maximum atomic E-state index is 11.3. The minimum atomic E-state index is -4.31. The molecule has 6 nitrogen and oxygen atoms in total. The van der Waals surface area contributed by atoms with Crippen LogP contribution in [0.15, 0.2) is 23.1 Å². The minimum absolute atomic E-state index is 0.0615. The molecule has 0 amide bonds. The van der Waals surface area contributed by atoms with Crippen LogP contribution in [0.2, 0.25) is 0 Å². The molecule has 0 saturated carbocycles. The van der Waals surface area contributed by atoms with Crippen molar-refractivity contribution in [3.8, 4) is 0 Å². The van der Waals surface area contributed by atoms with Crippen molar-refractivity contribution in [2.45, 2.75) is 11.8 Å². The van der Waals surface area contributed by atoms with Gasteiger partial charge in [-0.1, -0.05) is 0 Å². The summed E-state index contributed by atoms with van der Waals surface area (Å²) in [6.45, 7) is 1.83. The van der Waals surface area contributed by atoms with E-state index in [0.29, 0.717) is 0 Å². The summed E-state index contributed by atoms with van der Waals surface area (Å²) in [6.07, 6.45) is 0. The van der Waals surface area contributed by atoms with E-state index < -0.39 is 16.1 Å². The van der Waals surface area contributed by atoms with E-state index in [4.69, 9.17) is 15.0 Å². The van der Waals surface area contributed by atoms with Crippen LogP contribution >= 0.6 is 0 Å². The number of hydrogen-bond donors (Lipinski definition) is 2. The number of benzene rings is 1. The SMILES string of the molecule is CCOC(=O)c1ccc(S(=O)(=O)O)cc1N. The van der Waals surface area contributed by atoms with Crippen LogP contribution in [0, 0.1) is 0 Å². The third-order valence-corrected chi connectivity index (χ3v) is 2.67. The predicted octanol–water partition coefficient (Wildman–Crippen LogP) is 0.692. The Morgan fingerprint density at radius 1 is 1.50 bits per heavy atom. The standard InChI is InChI=1S/C9H11NO5S/c1-2-15-9(11)7-4-3-6(5-8(7)10)16(12,13)14/h3-5H,2,10H2,1H3,(H,12,13,14). The number of nitrogens with two attached hydrogens (primary N) is 1. The first-order valence-electron chi connectivity index (χ1n) is 4.40. The Morgan fingerprint density at radius 2 is 2.12 bits per heavy atom. The highest BCUT2D eigenvalue weighted by Gasteiger charge is 2.15. The van der Waals surface area contributed by atoms with Gasteiger partial charge in [-0.25, -0.2) is 4.79 Å². The van der Waals surface area contributed by atoms with E-state index in [1.54, 1.807) is 6.92 Å². The van der Waals surface area contributed by atoms with Crippen molar-refractivity contribution in [2.75, 3.05) is 12.3 Å². The summed E-state index contributed by atoms with van der Waals surface area (Å²) in [5, 5.41) is 0. The zero-order valence-electron chi connectivity index (χ0n) is 8.50. The Labute approximate surface area is 92.8 Å². The highest BCUT2D eigenvalue weighted by Crippen LogP contribution is 2.18. The maximum Gasteiger partial charge on any atom is 0.340 e. The van der Waals surface area contributed by atoms with Crippen LogP contribution in [0.25, 0.3) is 0 Å².